The fraction of sp³-hybridized carbons (Fsp3) is 0.250. The van der Waals surface area contributed by atoms with Gasteiger partial charge in [-0.25, -0.2) is 4.98 Å². The summed E-state index contributed by atoms with van der Waals surface area (Å²) in [7, 11) is 0. The van der Waals surface area contributed by atoms with Gasteiger partial charge in [-0.05, 0) is 12.5 Å². The number of nitrogens with zero attached hydrogens (tertiary/aromatic N) is 3. The Hall–Kier alpha value is -2.00. The van der Waals surface area contributed by atoms with Crippen LogP contribution in [0.1, 0.15) is 24.2 Å². The minimum atomic E-state index is -0.641. The molecule has 6 nitrogen and oxygen atoms in total. The fourth-order valence-corrected chi connectivity index (χ4v) is 0.943. The zero-order chi connectivity index (χ0) is 10.7. The van der Waals surface area contributed by atoms with E-state index in [0.29, 0.717) is 5.56 Å². The molecule has 0 unspecified atom stereocenters. The van der Waals surface area contributed by atoms with Crippen LogP contribution in [0.5, 0.6) is 0 Å². The van der Waals surface area contributed by atoms with Crippen molar-refractivity contribution in [2.75, 3.05) is 0 Å². The summed E-state index contributed by atoms with van der Waals surface area (Å²) in [6, 6.07) is 2.58. The van der Waals surface area contributed by atoms with E-state index in [2.05, 4.69) is 4.98 Å². The van der Waals surface area contributed by atoms with Crippen molar-refractivity contribution in [2.24, 2.45) is 5.73 Å². The molecule has 0 aliphatic heterocycles. The van der Waals surface area contributed by atoms with Crippen LogP contribution in [-0.2, 0) is 0 Å². The molecule has 0 saturated heterocycles. The predicted octanol–water partition coefficient (Wildman–Crippen LogP) is 0.881. The molecule has 0 aliphatic rings. The van der Waals surface area contributed by atoms with Crippen molar-refractivity contribution >= 4 is 5.69 Å². The number of hydrogen-bond acceptors (Lipinski definition) is 5. The molecule has 1 atom stereocenters. The van der Waals surface area contributed by atoms with Crippen molar-refractivity contribution in [3.63, 3.8) is 0 Å². The molecule has 2 N–H and O–H groups in total. The third-order valence-electron chi connectivity index (χ3n) is 1.72. The lowest BCUT2D eigenvalue weighted by Crippen LogP contribution is -2.07. The second kappa shape index (κ2) is 3.81. The van der Waals surface area contributed by atoms with Gasteiger partial charge in [0, 0.05) is 18.3 Å². The third kappa shape index (κ3) is 1.84. The third-order valence-corrected chi connectivity index (χ3v) is 1.72. The Morgan fingerprint density at radius 1 is 1.79 bits per heavy atom. The molecule has 0 radical (unpaired) electrons. The molecule has 1 aromatic rings. The summed E-state index contributed by atoms with van der Waals surface area (Å²) in [6.45, 7) is 1.69. The highest BCUT2D eigenvalue weighted by atomic mass is 16.6. The SMILES string of the molecule is C[C@H](N)c1cnc(C#N)c([N+](=O)[O-])c1. The lowest BCUT2D eigenvalue weighted by Gasteiger charge is -2.03. The van der Waals surface area contributed by atoms with Crippen LogP contribution < -0.4 is 5.73 Å². The molecular weight excluding hydrogens is 184 g/mol. The summed E-state index contributed by atoms with van der Waals surface area (Å²) >= 11 is 0. The lowest BCUT2D eigenvalue weighted by molar-refractivity contribution is -0.385. The van der Waals surface area contributed by atoms with Crippen LogP contribution in [0.15, 0.2) is 12.3 Å². The monoisotopic (exact) mass is 192 g/mol. The maximum Gasteiger partial charge on any atom is 0.305 e. The molecule has 0 saturated carbocycles. The molecular formula is C8H8N4O2. The molecule has 0 amide bonds. The zero-order valence-corrected chi connectivity index (χ0v) is 7.47. The smallest absolute Gasteiger partial charge is 0.305 e. The van der Waals surface area contributed by atoms with Crippen LogP contribution in [0.3, 0.4) is 0 Å². The van der Waals surface area contributed by atoms with Crippen molar-refractivity contribution in [3.05, 3.63) is 33.6 Å². The summed E-state index contributed by atoms with van der Waals surface area (Å²) in [4.78, 5) is 13.5. The van der Waals surface area contributed by atoms with Crippen LogP contribution in [0.2, 0.25) is 0 Å². The van der Waals surface area contributed by atoms with Gasteiger partial charge in [-0.15, -0.1) is 0 Å². The lowest BCUT2D eigenvalue weighted by atomic mass is 10.1. The maximum atomic E-state index is 10.5. The van der Waals surface area contributed by atoms with E-state index >= 15 is 0 Å². The van der Waals surface area contributed by atoms with E-state index in [0.717, 1.165) is 0 Å². The number of hydrogen-bond donors (Lipinski definition) is 1. The first-order chi connectivity index (χ1) is 6.56. The topological polar surface area (TPSA) is 106 Å². The molecule has 0 aromatic carbocycles. The van der Waals surface area contributed by atoms with E-state index in [1.165, 1.54) is 12.3 Å². The number of nitriles is 1. The Bertz CT molecular complexity index is 408. The van der Waals surface area contributed by atoms with Crippen molar-refractivity contribution in [1.29, 1.82) is 5.26 Å². The molecule has 0 spiro atoms. The van der Waals surface area contributed by atoms with Gasteiger partial charge in [0.25, 0.3) is 0 Å². The molecule has 72 valence electrons. The van der Waals surface area contributed by atoms with E-state index in [1.807, 2.05) is 0 Å². The first-order valence-electron chi connectivity index (χ1n) is 3.86. The van der Waals surface area contributed by atoms with Crippen LogP contribution >= 0.6 is 0 Å². The average molecular weight is 192 g/mol. The van der Waals surface area contributed by atoms with Gasteiger partial charge < -0.3 is 5.73 Å². The van der Waals surface area contributed by atoms with E-state index < -0.39 is 4.92 Å². The highest BCUT2D eigenvalue weighted by Crippen LogP contribution is 2.19. The Kier molecular flexibility index (Phi) is 2.74. The van der Waals surface area contributed by atoms with Crippen LogP contribution in [0.25, 0.3) is 0 Å². The molecule has 1 aromatic heterocycles. The molecule has 0 aliphatic carbocycles. The van der Waals surface area contributed by atoms with Crippen molar-refractivity contribution in [3.8, 4) is 6.07 Å². The van der Waals surface area contributed by atoms with Gasteiger partial charge in [0.1, 0.15) is 6.07 Å². The highest BCUT2D eigenvalue weighted by molar-refractivity contribution is 5.45. The minimum absolute atomic E-state index is 0.195. The Labute approximate surface area is 80.1 Å². The first kappa shape index (κ1) is 10.1. The number of pyridine rings is 1. The quantitative estimate of drug-likeness (QED) is 0.553. The first-order valence-corrected chi connectivity index (χ1v) is 3.86. The molecule has 0 bridgehead atoms. The molecule has 1 rings (SSSR count). The van der Waals surface area contributed by atoms with E-state index in [1.54, 1.807) is 13.0 Å². The second-order valence-electron chi connectivity index (χ2n) is 2.79. The van der Waals surface area contributed by atoms with Crippen molar-refractivity contribution in [1.82, 2.24) is 4.98 Å². The maximum absolute atomic E-state index is 10.5. The summed E-state index contributed by atoms with van der Waals surface area (Å²) in [6.07, 6.45) is 1.37. The molecule has 0 fully saturated rings. The standard InChI is InChI=1S/C8H8N4O2/c1-5(10)6-2-8(12(13)14)7(3-9)11-4-6/h2,4-5H,10H2,1H3/t5-/m0/s1. The Morgan fingerprint density at radius 3 is 2.86 bits per heavy atom. The Morgan fingerprint density at radius 2 is 2.43 bits per heavy atom. The van der Waals surface area contributed by atoms with Crippen LogP contribution in [0, 0.1) is 21.4 Å². The van der Waals surface area contributed by atoms with Crippen LogP contribution in [-0.4, -0.2) is 9.91 Å². The van der Waals surface area contributed by atoms with Gasteiger partial charge in [0.15, 0.2) is 0 Å². The van der Waals surface area contributed by atoms with Gasteiger partial charge in [0.05, 0.1) is 4.92 Å². The number of nitrogens with two attached hydrogens (primary N) is 1. The van der Waals surface area contributed by atoms with E-state index in [4.69, 9.17) is 11.0 Å². The van der Waals surface area contributed by atoms with Gasteiger partial charge in [-0.2, -0.15) is 5.26 Å². The Balaban J connectivity index is 3.30. The largest absolute Gasteiger partial charge is 0.324 e. The van der Waals surface area contributed by atoms with E-state index in [9.17, 15) is 10.1 Å². The molecule has 1 heterocycles. The van der Waals surface area contributed by atoms with Crippen LogP contribution in [0.4, 0.5) is 5.69 Å². The van der Waals surface area contributed by atoms with Gasteiger partial charge in [0.2, 0.25) is 5.69 Å². The van der Waals surface area contributed by atoms with Gasteiger partial charge in [-0.3, -0.25) is 10.1 Å². The van der Waals surface area contributed by atoms with E-state index in [-0.39, 0.29) is 17.4 Å². The summed E-state index contributed by atoms with van der Waals surface area (Å²) < 4.78 is 0. The molecule has 6 heteroatoms. The summed E-state index contributed by atoms with van der Waals surface area (Å²) in [5.74, 6) is 0. The second-order valence-corrected chi connectivity index (χ2v) is 2.79. The summed E-state index contributed by atoms with van der Waals surface area (Å²) in [5.41, 5.74) is 5.57. The van der Waals surface area contributed by atoms with Crippen molar-refractivity contribution < 1.29 is 4.92 Å². The normalized spacial score (nSPS) is 11.8. The minimum Gasteiger partial charge on any atom is -0.324 e. The number of rotatable bonds is 2. The summed E-state index contributed by atoms with van der Waals surface area (Å²) in [5, 5.41) is 19.1. The highest BCUT2D eigenvalue weighted by Gasteiger charge is 2.16. The number of aromatic nitrogens is 1. The number of nitro groups is 1. The van der Waals surface area contributed by atoms with Crippen molar-refractivity contribution in [2.45, 2.75) is 13.0 Å². The fourth-order valence-electron chi connectivity index (χ4n) is 0.943. The van der Waals surface area contributed by atoms with Gasteiger partial charge in [-0.1, -0.05) is 0 Å². The van der Waals surface area contributed by atoms with Gasteiger partial charge >= 0.3 is 5.69 Å². The molecule has 14 heavy (non-hydrogen) atoms. The predicted molar refractivity (Wildman–Crippen MR) is 48.2 cm³/mol. The average Bonchev–Trinajstić information content (AvgIpc) is 2.16. The zero-order valence-electron chi connectivity index (χ0n) is 7.47.